The summed E-state index contributed by atoms with van der Waals surface area (Å²) >= 11 is 0.971. The summed E-state index contributed by atoms with van der Waals surface area (Å²) in [5, 5.41) is 12.6. The minimum absolute atomic E-state index is 0.111. The van der Waals surface area contributed by atoms with Gasteiger partial charge < -0.3 is 19.2 Å². The van der Waals surface area contributed by atoms with Gasteiger partial charge in [-0.25, -0.2) is 9.18 Å². The van der Waals surface area contributed by atoms with Crippen molar-refractivity contribution in [2.24, 2.45) is 0 Å². The molecular weight excluding hydrogens is 415 g/mol. The van der Waals surface area contributed by atoms with Crippen molar-refractivity contribution < 1.29 is 27.9 Å². The molecule has 1 aromatic heterocycles. The topological polar surface area (TPSA) is 116 Å². The molecule has 0 bridgehead atoms. The van der Waals surface area contributed by atoms with E-state index in [4.69, 9.17) is 13.9 Å². The second-order valence-electron chi connectivity index (χ2n) is 6.03. The summed E-state index contributed by atoms with van der Waals surface area (Å²) in [6.45, 7) is 0.898. The van der Waals surface area contributed by atoms with Gasteiger partial charge in [0.1, 0.15) is 19.0 Å². The Kier molecular flexibility index (Phi) is 5.80. The lowest BCUT2D eigenvalue weighted by molar-refractivity contribution is -0.117. The van der Waals surface area contributed by atoms with E-state index in [-0.39, 0.29) is 22.7 Å². The van der Waals surface area contributed by atoms with Crippen LogP contribution in [-0.2, 0) is 4.79 Å². The fourth-order valence-corrected chi connectivity index (χ4v) is 3.11. The Morgan fingerprint density at radius 1 is 1.03 bits per heavy atom. The average molecular weight is 430 g/mol. The van der Waals surface area contributed by atoms with Crippen LogP contribution in [0.5, 0.6) is 11.5 Å². The van der Waals surface area contributed by atoms with Gasteiger partial charge in [0, 0.05) is 17.3 Å². The van der Waals surface area contributed by atoms with Gasteiger partial charge in [0.2, 0.25) is 11.8 Å². The maximum Gasteiger partial charge on any atom is 0.325 e. The maximum absolute atomic E-state index is 13.0. The van der Waals surface area contributed by atoms with Crippen LogP contribution < -0.4 is 20.1 Å². The zero-order valence-corrected chi connectivity index (χ0v) is 16.2. The van der Waals surface area contributed by atoms with Crippen LogP contribution in [0.2, 0.25) is 0 Å². The summed E-state index contributed by atoms with van der Waals surface area (Å²) in [6.07, 6.45) is 0. The smallest absolute Gasteiger partial charge is 0.325 e. The van der Waals surface area contributed by atoms with Crippen LogP contribution in [0.4, 0.5) is 14.9 Å². The first-order valence-electron chi connectivity index (χ1n) is 8.79. The quantitative estimate of drug-likeness (QED) is 0.594. The third kappa shape index (κ3) is 4.87. The zero-order valence-electron chi connectivity index (χ0n) is 15.4. The number of rotatable bonds is 5. The van der Waals surface area contributed by atoms with E-state index in [9.17, 15) is 14.0 Å². The summed E-state index contributed by atoms with van der Waals surface area (Å²) in [5.41, 5.74) is 1.01. The van der Waals surface area contributed by atoms with Gasteiger partial charge in [0.15, 0.2) is 11.5 Å². The number of anilines is 1. The monoisotopic (exact) mass is 430 g/mol. The molecule has 9 nitrogen and oxygen atoms in total. The number of aromatic nitrogens is 2. The van der Waals surface area contributed by atoms with E-state index >= 15 is 0 Å². The standard InChI is InChI=1S/C19H15FN4O5S/c20-12-3-1-11(2-4-12)17-23-24-19(29-17)30-10-16(25)22-18(26)21-13-5-6-14-15(9-13)28-8-7-27-14/h1-6,9H,7-8,10H2,(H2,21,22,25,26). The summed E-state index contributed by atoms with van der Waals surface area (Å²) in [4.78, 5) is 24.0. The molecule has 1 aliphatic heterocycles. The van der Waals surface area contributed by atoms with Crippen molar-refractivity contribution in [1.29, 1.82) is 0 Å². The number of nitrogens with zero attached hydrogens (tertiary/aromatic N) is 2. The van der Waals surface area contributed by atoms with Gasteiger partial charge in [-0.2, -0.15) is 0 Å². The number of nitrogens with one attached hydrogen (secondary N) is 2. The van der Waals surface area contributed by atoms with E-state index in [1.165, 1.54) is 24.3 Å². The van der Waals surface area contributed by atoms with E-state index in [0.717, 1.165) is 11.8 Å². The predicted octanol–water partition coefficient (Wildman–Crippen LogP) is 3.09. The Morgan fingerprint density at radius 2 is 1.80 bits per heavy atom. The van der Waals surface area contributed by atoms with Crippen LogP contribution in [0.25, 0.3) is 11.5 Å². The molecular formula is C19H15FN4O5S. The number of hydrogen-bond donors (Lipinski definition) is 2. The number of halogens is 1. The van der Waals surface area contributed by atoms with E-state index in [2.05, 4.69) is 20.8 Å². The molecule has 0 unspecified atom stereocenters. The number of thioether (sulfide) groups is 1. The lowest BCUT2D eigenvalue weighted by atomic mass is 10.2. The Labute approximate surface area is 174 Å². The molecule has 30 heavy (non-hydrogen) atoms. The Balaban J connectivity index is 1.26. The molecule has 0 atom stereocenters. The minimum atomic E-state index is -0.685. The molecule has 1 aliphatic rings. The Bertz CT molecular complexity index is 1070. The number of benzene rings is 2. The molecule has 2 aromatic carbocycles. The number of carbonyl (C=O) groups excluding carboxylic acids is 2. The van der Waals surface area contributed by atoms with Gasteiger partial charge in [-0.05, 0) is 36.4 Å². The SMILES string of the molecule is O=C(CSc1nnc(-c2ccc(F)cc2)o1)NC(=O)Nc1ccc2c(c1)OCCO2. The average Bonchev–Trinajstić information content (AvgIpc) is 3.22. The molecule has 0 radical (unpaired) electrons. The number of amides is 3. The summed E-state index contributed by atoms with van der Waals surface area (Å²) in [6, 6.07) is 9.81. The first kappa shape index (κ1) is 19.7. The van der Waals surface area contributed by atoms with Gasteiger partial charge in [-0.15, -0.1) is 10.2 Å². The fraction of sp³-hybridized carbons (Fsp3) is 0.158. The zero-order chi connectivity index (χ0) is 20.9. The molecule has 0 spiro atoms. The van der Waals surface area contributed by atoms with Crippen LogP contribution in [0.1, 0.15) is 0 Å². The third-order valence-corrected chi connectivity index (χ3v) is 4.70. The van der Waals surface area contributed by atoms with Crippen LogP contribution >= 0.6 is 11.8 Å². The summed E-state index contributed by atoms with van der Waals surface area (Å²) in [5.74, 6) is 0.290. The predicted molar refractivity (Wildman–Crippen MR) is 105 cm³/mol. The highest BCUT2D eigenvalue weighted by molar-refractivity contribution is 7.99. The molecule has 0 saturated carbocycles. The first-order chi connectivity index (χ1) is 14.6. The largest absolute Gasteiger partial charge is 0.486 e. The van der Waals surface area contributed by atoms with Crippen LogP contribution in [0.15, 0.2) is 52.1 Å². The van der Waals surface area contributed by atoms with Crippen LogP contribution in [0, 0.1) is 5.82 Å². The molecule has 3 amide bonds. The van der Waals surface area contributed by atoms with Crippen molar-refractivity contribution >= 4 is 29.4 Å². The van der Waals surface area contributed by atoms with E-state index < -0.39 is 11.9 Å². The van der Waals surface area contributed by atoms with Crippen LogP contribution in [0.3, 0.4) is 0 Å². The van der Waals surface area contributed by atoms with E-state index in [0.29, 0.717) is 36.0 Å². The summed E-state index contributed by atoms with van der Waals surface area (Å²) < 4.78 is 29.3. The van der Waals surface area contributed by atoms with Gasteiger partial charge in [-0.3, -0.25) is 10.1 Å². The summed E-state index contributed by atoms with van der Waals surface area (Å²) in [7, 11) is 0. The minimum Gasteiger partial charge on any atom is -0.486 e. The molecule has 3 aromatic rings. The molecule has 2 N–H and O–H groups in total. The van der Waals surface area contributed by atoms with E-state index in [1.807, 2.05) is 0 Å². The molecule has 154 valence electrons. The van der Waals surface area contributed by atoms with Gasteiger partial charge in [0.25, 0.3) is 5.22 Å². The van der Waals surface area contributed by atoms with Gasteiger partial charge in [0.05, 0.1) is 5.75 Å². The Morgan fingerprint density at radius 3 is 2.60 bits per heavy atom. The fourth-order valence-electron chi connectivity index (χ4n) is 2.55. The van der Waals surface area contributed by atoms with Gasteiger partial charge >= 0.3 is 6.03 Å². The molecule has 0 fully saturated rings. The lowest BCUT2D eigenvalue weighted by Crippen LogP contribution is -2.35. The second kappa shape index (κ2) is 8.82. The number of fused-ring (bicyclic) bond motifs is 1. The molecule has 0 aliphatic carbocycles. The van der Waals surface area contributed by atoms with Crippen molar-refractivity contribution in [3.05, 3.63) is 48.3 Å². The lowest BCUT2D eigenvalue weighted by Gasteiger charge is -2.19. The molecule has 0 saturated heterocycles. The highest BCUT2D eigenvalue weighted by atomic mass is 32.2. The van der Waals surface area contributed by atoms with E-state index in [1.54, 1.807) is 18.2 Å². The highest BCUT2D eigenvalue weighted by Crippen LogP contribution is 2.32. The van der Waals surface area contributed by atoms with Crippen LogP contribution in [-0.4, -0.2) is 41.1 Å². The number of hydrogen-bond acceptors (Lipinski definition) is 8. The van der Waals surface area contributed by atoms with Crippen molar-refractivity contribution in [3.8, 4) is 23.0 Å². The molecule has 2 heterocycles. The number of urea groups is 1. The third-order valence-electron chi connectivity index (χ3n) is 3.88. The highest BCUT2D eigenvalue weighted by Gasteiger charge is 2.15. The normalized spacial score (nSPS) is 12.3. The number of imide groups is 1. The first-order valence-corrected chi connectivity index (χ1v) is 9.78. The van der Waals surface area contributed by atoms with Gasteiger partial charge in [-0.1, -0.05) is 11.8 Å². The molecule has 11 heteroatoms. The second-order valence-corrected chi connectivity index (χ2v) is 6.96. The van der Waals surface area contributed by atoms with Crippen molar-refractivity contribution in [2.45, 2.75) is 5.22 Å². The number of ether oxygens (including phenoxy) is 2. The van der Waals surface area contributed by atoms with Crippen molar-refractivity contribution in [1.82, 2.24) is 15.5 Å². The number of carbonyl (C=O) groups is 2. The maximum atomic E-state index is 13.0. The van der Waals surface area contributed by atoms with Crippen molar-refractivity contribution in [2.75, 3.05) is 24.3 Å². The Hall–Kier alpha value is -3.60. The van der Waals surface area contributed by atoms with Crippen molar-refractivity contribution in [3.63, 3.8) is 0 Å². The molecule has 4 rings (SSSR count).